The molecule has 3 rings (SSSR count). The van der Waals surface area contributed by atoms with E-state index in [9.17, 15) is 0 Å². The van der Waals surface area contributed by atoms with Gasteiger partial charge in [-0.2, -0.15) is 0 Å². The normalized spacial score (nSPS) is 18.6. The van der Waals surface area contributed by atoms with Crippen LogP contribution < -0.4 is 0 Å². The van der Waals surface area contributed by atoms with Gasteiger partial charge in [-0.15, -0.1) is 0 Å². The van der Waals surface area contributed by atoms with E-state index >= 15 is 0 Å². The van der Waals surface area contributed by atoms with Crippen molar-refractivity contribution < 1.29 is 0 Å². The number of nitrogens with zero attached hydrogens (tertiary/aromatic N) is 2. The minimum atomic E-state index is 0.355. The molecule has 1 saturated heterocycles. The van der Waals surface area contributed by atoms with Gasteiger partial charge in [-0.1, -0.05) is 58.4 Å². The quantitative estimate of drug-likeness (QED) is 0.835. The lowest BCUT2D eigenvalue weighted by Gasteiger charge is -2.38. The van der Waals surface area contributed by atoms with E-state index in [1.54, 1.807) is 0 Å². The Morgan fingerprint density at radius 3 is 2.00 bits per heavy atom. The minimum absolute atomic E-state index is 0.355. The molecule has 1 unspecified atom stereocenters. The van der Waals surface area contributed by atoms with E-state index in [4.69, 9.17) is 0 Å². The number of hydrogen-bond donors (Lipinski definition) is 0. The van der Waals surface area contributed by atoms with E-state index in [1.807, 2.05) is 0 Å². The molecular weight excluding hydrogens is 324 g/mol. The Balaban J connectivity index is 1.93. The average Bonchev–Trinajstić information content (AvgIpc) is 2.52. The molecule has 21 heavy (non-hydrogen) atoms. The van der Waals surface area contributed by atoms with Crippen LogP contribution in [0.1, 0.15) is 17.2 Å². The van der Waals surface area contributed by atoms with Crippen molar-refractivity contribution in [3.8, 4) is 0 Å². The minimum Gasteiger partial charge on any atom is -0.304 e. The first-order chi connectivity index (χ1) is 10.2. The van der Waals surface area contributed by atoms with Crippen molar-refractivity contribution >= 4 is 15.9 Å². The monoisotopic (exact) mass is 344 g/mol. The van der Waals surface area contributed by atoms with Crippen molar-refractivity contribution in [1.82, 2.24) is 9.80 Å². The zero-order chi connectivity index (χ0) is 14.7. The molecule has 3 heteroatoms. The third-order valence-corrected chi connectivity index (χ3v) is 4.73. The Morgan fingerprint density at radius 2 is 1.38 bits per heavy atom. The molecule has 0 spiro atoms. The Bertz CT molecular complexity index is 560. The summed E-state index contributed by atoms with van der Waals surface area (Å²) in [7, 11) is 2.20. The summed E-state index contributed by atoms with van der Waals surface area (Å²) in [5, 5.41) is 0. The van der Waals surface area contributed by atoms with E-state index in [-0.39, 0.29) is 0 Å². The second-order valence-electron chi connectivity index (χ2n) is 5.70. The average molecular weight is 345 g/mol. The van der Waals surface area contributed by atoms with E-state index < -0.39 is 0 Å². The lowest BCUT2D eigenvalue weighted by molar-refractivity contribution is 0.127. The van der Waals surface area contributed by atoms with Gasteiger partial charge in [0, 0.05) is 30.7 Å². The van der Waals surface area contributed by atoms with E-state index in [1.165, 1.54) is 11.1 Å². The molecule has 110 valence electrons. The number of halogens is 1. The summed E-state index contributed by atoms with van der Waals surface area (Å²) in [6, 6.07) is 20.0. The van der Waals surface area contributed by atoms with E-state index in [0.717, 1.165) is 30.7 Å². The zero-order valence-electron chi connectivity index (χ0n) is 12.4. The maximum atomic E-state index is 3.53. The fraction of sp³-hybridized carbons (Fsp3) is 0.333. The molecule has 2 aromatic carbocycles. The molecular formula is C18H21BrN2. The number of benzene rings is 2. The van der Waals surface area contributed by atoms with Crippen molar-refractivity contribution in [2.24, 2.45) is 0 Å². The third-order valence-electron chi connectivity index (χ3n) is 4.20. The van der Waals surface area contributed by atoms with Crippen LogP contribution in [0.3, 0.4) is 0 Å². The summed E-state index contributed by atoms with van der Waals surface area (Å²) in [5.74, 6) is 0. The van der Waals surface area contributed by atoms with Crippen LogP contribution in [-0.2, 0) is 0 Å². The van der Waals surface area contributed by atoms with Crippen LogP contribution in [-0.4, -0.2) is 43.0 Å². The number of rotatable bonds is 3. The summed E-state index contributed by atoms with van der Waals surface area (Å²) >= 11 is 3.53. The number of likely N-dealkylation sites (N-methyl/N-ethyl adjacent to an activating group) is 1. The predicted molar refractivity (Wildman–Crippen MR) is 91.5 cm³/mol. The van der Waals surface area contributed by atoms with Gasteiger partial charge in [0.1, 0.15) is 0 Å². The summed E-state index contributed by atoms with van der Waals surface area (Å²) < 4.78 is 1.14. The highest BCUT2D eigenvalue weighted by atomic mass is 79.9. The zero-order valence-corrected chi connectivity index (χ0v) is 14.0. The summed E-state index contributed by atoms with van der Waals surface area (Å²) in [4.78, 5) is 5.00. The van der Waals surface area contributed by atoms with Crippen molar-refractivity contribution in [3.05, 3.63) is 70.2 Å². The molecule has 1 aliphatic heterocycles. The lowest BCUT2D eigenvalue weighted by atomic mass is 9.96. The smallest absolute Gasteiger partial charge is 0.0602 e. The maximum absolute atomic E-state index is 3.53. The molecule has 0 radical (unpaired) electrons. The fourth-order valence-electron chi connectivity index (χ4n) is 2.97. The summed E-state index contributed by atoms with van der Waals surface area (Å²) in [5.41, 5.74) is 2.75. The molecule has 1 fully saturated rings. The second kappa shape index (κ2) is 6.73. The van der Waals surface area contributed by atoms with Gasteiger partial charge >= 0.3 is 0 Å². The van der Waals surface area contributed by atoms with Crippen molar-refractivity contribution in [2.45, 2.75) is 6.04 Å². The van der Waals surface area contributed by atoms with Gasteiger partial charge < -0.3 is 4.90 Å². The molecule has 0 aromatic heterocycles. The standard InChI is InChI=1S/C18H21BrN2/c1-20-11-13-21(14-12-20)18(15-5-3-2-4-6-15)16-7-9-17(19)10-8-16/h2-10,18H,11-14H2,1H3. The maximum Gasteiger partial charge on any atom is 0.0602 e. The number of piperazine rings is 1. The van der Waals surface area contributed by atoms with Gasteiger partial charge in [-0.3, -0.25) is 4.90 Å². The van der Waals surface area contributed by atoms with Crippen molar-refractivity contribution in [1.29, 1.82) is 0 Å². The van der Waals surface area contributed by atoms with Gasteiger partial charge in [0.05, 0.1) is 6.04 Å². The molecule has 1 aliphatic rings. The Labute approximate surface area is 135 Å². The van der Waals surface area contributed by atoms with Gasteiger partial charge in [-0.05, 0) is 30.3 Å². The summed E-state index contributed by atoms with van der Waals surface area (Å²) in [6.07, 6.45) is 0. The van der Waals surface area contributed by atoms with Crippen LogP contribution >= 0.6 is 15.9 Å². The van der Waals surface area contributed by atoms with Crippen LogP contribution in [0, 0.1) is 0 Å². The molecule has 0 saturated carbocycles. The predicted octanol–water partition coefficient (Wildman–Crippen LogP) is 3.79. The van der Waals surface area contributed by atoms with Crippen LogP contribution in [0.5, 0.6) is 0 Å². The largest absolute Gasteiger partial charge is 0.304 e. The Hall–Kier alpha value is -1.16. The van der Waals surface area contributed by atoms with Gasteiger partial charge in [0.2, 0.25) is 0 Å². The SMILES string of the molecule is CN1CCN(C(c2ccccc2)c2ccc(Br)cc2)CC1. The van der Waals surface area contributed by atoms with Crippen LogP contribution in [0.4, 0.5) is 0 Å². The highest BCUT2D eigenvalue weighted by molar-refractivity contribution is 9.10. The fourth-order valence-corrected chi connectivity index (χ4v) is 3.24. The van der Waals surface area contributed by atoms with Gasteiger partial charge in [-0.25, -0.2) is 0 Å². The highest BCUT2D eigenvalue weighted by Gasteiger charge is 2.25. The topological polar surface area (TPSA) is 6.48 Å². The van der Waals surface area contributed by atoms with E-state index in [2.05, 4.69) is 87.4 Å². The number of hydrogen-bond acceptors (Lipinski definition) is 2. The van der Waals surface area contributed by atoms with Gasteiger partial charge in [0.15, 0.2) is 0 Å². The molecule has 0 bridgehead atoms. The van der Waals surface area contributed by atoms with Crippen molar-refractivity contribution in [2.75, 3.05) is 33.2 Å². The van der Waals surface area contributed by atoms with Crippen molar-refractivity contribution in [3.63, 3.8) is 0 Å². The Kier molecular flexibility index (Phi) is 4.73. The van der Waals surface area contributed by atoms with Crippen LogP contribution in [0.15, 0.2) is 59.1 Å². The molecule has 2 aromatic rings. The molecule has 0 N–H and O–H groups in total. The lowest BCUT2D eigenvalue weighted by Crippen LogP contribution is -2.46. The van der Waals surface area contributed by atoms with Crippen LogP contribution in [0.25, 0.3) is 0 Å². The second-order valence-corrected chi connectivity index (χ2v) is 6.62. The molecule has 0 amide bonds. The van der Waals surface area contributed by atoms with E-state index in [0.29, 0.717) is 6.04 Å². The van der Waals surface area contributed by atoms with Gasteiger partial charge in [0.25, 0.3) is 0 Å². The molecule has 1 heterocycles. The highest BCUT2D eigenvalue weighted by Crippen LogP contribution is 2.30. The first kappa shape index (κ1) is 14.8. The molecule has 0 aliphatic carbocycles. The first-order valence-corrected chi connectivity index (χ1v) is 8.26. The third kappa shape index (κ3) is 3.54. The Morgan fingerprint density at radius 1 is 0.810 bits per heavy atom. The van der Waals surface area contributed by atoms with Crippen LogP contribution in [0.2, 0.25) is 0 Å². The first-order valence-electron chi connectivity index (χ1n) is 7.47. The molecule has 2 nitrogen and oxygen atoms in total. The molecule has 1 atom stereocenters. The summed E-state index contributed by atoms with van der Waals surface area (Å²) in [6.45, 7) is 4.51.